The van der Waals surface area contributed by atoms with Crippen LogP contribution in [-0.2, 0) is 17.9 Å². The zero-order valence-corrected chi connectivity index (χ0v) is 14.0. The number of benzene rings is 1. The third-order valence-electron chi connectivity index (χ3n) is 4.03. The first-order valence-corrected chi connectivity index (χ1v) is 7.73. The van der Waals surface area contributed by atoms with Crippen molar-refractivity contribution in [1.82, 2.24) is 29.4 Å². The van der Waals surface area contributed by atoms with Gasteiger partial charge in [0.2, 0.25) is 5.91 Å². The molecule has 3 aromatic rings. The van der Waals surface area contributed by atoms with Crippen molar-refractivity contribution < 1.29 is 4.79 Å². The quantitative estimate of drug-likeness (QED) is 0.717. The average molecular weight is 324 g/mol. The number of aromatic nitrogens is 5. The first kappa shape index (κ1) is 15.9. The summed E-state index contributed by atoms with van der Waals surface area (Å²) < 4.78 is 3.44. The van der Waals surface area contributed by atoms with E-state index in [1.54, 1.807) is 11.9 Å². The second kappa shape index (κ2) is 6.66. The summed E-state index contributed by atoms with van der Waals surface area (Å²) in [4.78, 5) is 17.9. The first-order chi connectivity index (χ1) is 11.6. The Labute approximate surface area is 140 Å². The van der Waals surface area contributed by atoms with Gasteiger partial charge in [-0.05, 0) is 26.0 Å². The van der Waals surface area contributed by atoms with Gasteiger partial charge >= 0.3 is 0 Å². The Morgan fingerprint density at radius 2 is 1.96 bits per heavy atom. The van der Waals surface area contributed by atoms with Crippen LogP contribution in [0.3, 0.4) is 0 Å². The smallest absolute Gasteiger partial charge is 0.244 e. The number of para-hydroxylation sites is 1. The predicted molar refractivity (Wildman–Crippen MR) is 89.5 cm³/mol. The van der Waals surface area contributed by atoms with Crippen molar-refractivity contribution >= 4 is 5.91 Å². The molecule has 0 unspecified atom stereocenters. The SMILES string of the molecule is Cc1nn(-c2ccccc2)c(C)c1CN(C)C(=O)Cn1cncn1. The van der Waals surface area contributed by atoms with E-state index in [1.165, 1.54) is 17.3 Å². The number of hydrogen-bond acceptors (Lipinski definition) is 4. The minimum Gasteiger partial charge on any atom is -0.340 e. The van der Waals surface area contributed by atoms with E-state index in [9.17, 15) is 4.79 Å². The molecular formula is C17H20N6O. The molecule has 1 amide bonds. The maximum atomic E-state index is 12.3. The van der Waals surface area contributed by atoms with Gasteiger partial charge in [-0.3, -0.25) is 4.79 Å². The Bertz CT molecular complexity index is 822. The third-order valence-corrected chi connectivity index (χ3v) is 4.03. The van der Waals surface area contributed by atoms with Gasteiger partial charge < -0.3 is 4.90 Å². The van der Waals surface area contributed by atoms with Crippen LogP contribution in [-0.4, -0.2) is 42.4 Å². The van der Waals surface area contributed by atoms with Gasteiger partial charge in [-0.2, -0.15) is 10.2 Å². The lowest BCUT2D eigenvalue weighted by Gasteiger charge is -2.17. The van der Waals surface area contributed by atoms with Crippen LogP contribution in [0.15, 0.2) is 43.0 Å². The summed E-state index contributed by atoms with van der Waals surface area (Å²) in [6, 6.07) is 9.98. The minimum atomic E-state index is -0.0215. The van der Waals surface area contributed by atoms with Gasteiger partial charge in [0.15, 0.2) is 0 Å². The van der Waals surface area contributed by atoms with E-state index in [4.69, 9.17) is 0 Å². The third kappa shape index (κ3) is 3.19. The molecular weight excluding hydrogens is 304 g/mol. The molecule has 124 valence electrons. The first-order valence-electron chi connectivity index (χ1n) is 7.73. The van der Waals surface area contributed by atoms with E-state index in [-0.39, 0.29) is 12.5 Å². The van der Waals surface area contributed by atoms with E-state index in [1.807, 2.05) is 48.9 Å². The van der Waals surface area contributed by atoms with Crippen molar-refractivity contribution in [3.8, 4) is 5.69 Å². The van der Waals surface area contributed by atoms with E-state index in [0.717, 1.165) is 22.6 Å². The normalized spacial score (nSPS) is 10.8. The number of carbonyl (C=O) groups excluding carboxylic acids is 1. The lowest BCUT2D eigenvalue weighted by Crippen LogP contribution is -2.30. The standard InChI is InChI=1S/C17H20N6O/c1-13-16(9-21(3)17(24)10-22-12-18-11-19-22)14(2)23(20-13)15-7-5-4-6-8-15/h4-8,11-12H,9-10H2,1-3H3. The van der Waals surface area contributed by atoms with Crippen molar-refractivity contribution in [2.24, 2.45) is 0 Å². The molecule has 0 bridgehead atoms. The topological polar surface area (TPSA) is 68.8 Å². The Morgan fingerprint density at radius 3 is 2.62 bits per heavy atom. The summed E-state index contributed by atoms with van der Waals surface area (Å²) >= 11 is 0. The molecule has 0 radical (unpaired) electrons. The highest BCUT2D eigenvalue weighted by molar-refractivity contribution is 5.75. The highest BCUT2D eigenvalue weighted by atomic mass is 16.2. The molecule has 1 aromatic carbocycles. The molecule has 0 aliphatic rings. The van der Waals surface area contributed by atoms with E-state index < -0.39 is 0 Å². The second-order valence-electron chi connectivity index (χ2n) is 5.74. The molecule has 0 N–H and O–H groups in total. The molecule has 0 saturated heterocycles. The number of amides is 1. The minimum absolute atomic E-state index is 0.0215. The molecule has 0 fully saturated rings. The van der Waals surface area contributed by atoms with Gasteiger partial charge in [0.25, 0.3) is 0 Å². The fourth-order valence-electron chi connectivity index (χ4n) is 2.62. The summed E-state index contributed by atoms with van der Waals surface area (Å²) in [6.45, 7) is 4.69. The lowest BCUT2D eigenvalue weighted by atomic mass is 10.2. The van der Waals surface area contributed by atoms with Crippen LogP contribution in [0.25, 0.3) is 5.69 Å². The van der Waals surface area contributed by atoms with E-state index in [2.05, 4.69) is 15.2 Å². The fourth-order valence-corrected chi connectivity index (χ4v) is 2.62. The molecule has 0 spiro atoms. The zero-order valence-electron chi connectivity index (χ0n) is 14.0. The summed E-state index contributed by atoms with van der Waals surface area (Å²) in [5, 5.41) is 8.59. The highest BCUT2D eigenvalue weighted by Crippen LogP contribution is 2.19. The van der Waals surface area contributed by atoms with Gasteiger partial charge in [0.1, 0.15) is 19.2 Å². The lowest BCUT2D eigenvalue weighted by molar-refractivity contribution is -0.131. The Hall–Kier alpha value is -2.96. The van der Waals surface area contributed by atoms with Crippen LogP contribution in [0.4, 0.5) is 0 Å². The maximum absolute atomic E-state index is 12.3. The predicted octanol–water partition coefficient (Wildman–Crippen LogP) is 1.74. The zero-order chi connectivity index (χ0) is 17.1. The van der Waals surface area contributed by atoms with Gasteiger partial charge in [-0.1, -0.05) is 18.2 Å². The number of hydrogen-bond donors (Lipinski definition) is 0. The van der Waals surface area contributed by atoms with Crippen molar-refractivity contribution in [3.05, 3.63) is 59.9 Å². The summed E-state index contributed by atoms with van der Waals surface area (Å²) in [7, 11) is 1.79. The fraction of sp³-hybridized carbons (Fsp3) is 0.294. The van der Waals surface area contributed by atoms with E-state index in [0.29, 0.717) is 6.54 Å². The average Bonchev–Trinajstić information content (AvgIpc) is 3.19. The van der Waals surface area contributed by atoms with Crippen molar-refractivity contribution in [3.63, 3.8) is 0 Å². The van der Waals surface area contributed by atoms with E-state index >= 15 is 0 Å². The van der Waals surface area contributed by atoms with Gasteiger partial charge in [-0.25, -0.2) is 14.3 Å². The molecule has 2 aromatic heterocycles. The molecule has 2 heterocycles. The Morgan fingerprint density at radius 1 is 1.21 bits per heavy atom. The summed E-state index contributed by atoms with van der Waals surface area (Å²) in [5.41, 5.74) is 4.05. The summed E-state index contributed by atoms with van der Waals surface area (Å²) in [5.74, 6) is -0.0215. The monoisotopic (exact) mass is 324 g/mol. The highest BCUT2D eigenvalue weighted by Gasteiger charge is 2.17. The largest absolute Gasteiger partial charge is 0.340 e. The number of aryl methyl sites for hydroxylation is 1. The number of likely N-dealkylation sites (N-methyl/N-ethyl adjacent to an activating group) is 1. The maximum Gasteiger partial charge on any atom is 0.244 e. The number of rotatable bonds is 5. The Kier molecular flexibility index (Phi) is 4.41. The second-order valence-corrected chi connectivity index (χ2v) is 5.74. The number of nitrogens with zero attached hydrogens (tertiary/aromatic N) is 6. The molecule has 0 atom stereocenters. The van der Waals surface area contributed by atoms with Crippen LogP contribution < -0.4 is 0 Å². The molecule has 0 aliphatic carbocycles. The number of carbonyl (C=O) groups is 1. The van der Waals surface area contributed by atoms with Gasteiger partial charge in [-0.15, -0.1) is 0 Å². The summed E-state index contributed by atoms with van der Waals surface area (Å²) in [6.07, 6.45) is 2.96. The Balaban J connectivity index is 1.78. The van der Waals surface area contributed by atoms with Crippen molar-refractivity contribution in [2.45, 2.75) is 26.9 Å². The van der Waals surface area contributed by atoms with Crippen molar-refractivity contribution in [1.29, 1.82) is 0 Å². The van der Waals surface area contributed by atoms with Crippen molar-refractivity contribution in [2.75, 3.05) is 7.05 Å². The molecule has 0 aliphatic heterocycles. The molecule has 7 nitrogen and oxygen atoms in total. The van der Waals surface area contributed by atoms with Crippen LogP contribution in [0.5, 0.6) is 0 Å². The molecule has 24 heavy (non-hydrogen) atoms. The molecule has 7 heteroatoms. The van der Waals surface area contributed by atoms with Gasteiger partial charge in [0, 0.05) is 24.8 Å². The van der Waals surface area contributed by atoms with Crippen LogP contribution >= 0.6 is 0 Å². The van der Waals surface area contributed by atoms with Crippen LogP contribution in [0.2, 0.25) is 0 Å². The van der Waals surface area contributed by atoms with Crippen LogP contribution in [0, 0.1) is 13.8 Å². The molecule has 0 saturated carbocycles. The van der Waals surface area contributed by atoms with Crippen LogP contribution in [0.1, 0.15) is 17.0 Å². The van der Waals surface area contributed by atoms with Gasteiger partial charge in [0.05, 0.1) is 11.4 Å². The molecule has 3 rings (SSSR count).